The van der Waals surface area contributed by atoms with Crippen molar-refractivity contribution in [1.82, 2.24) is 19.3 Å². The Morgan fingerprint density at radius 2 is 2.18 bits per heavy atom. The van der Waals surface area contributed by atoms with E-state index in [1.165, 1.54) is 6.20 Å². The molecule has 0 bridgehead atoms. The fourth-order valence-corrected chi connectivity index (χ4v) is 2.01. The van der Waals surface area contributed by atoms with Gasteiger partial charge in [-0.05, 0) is 20.3 Å². The number of aromatic amines is 1. The van der Waals surface area contributed by atoms with Gasteiger partial charge < -0.3 is 5.32 Å². The van der Waals surface area contributed by atoms with Crippen LogP contribution in [0.5, 0.6) is 0 Å². The van der Waals surface area contributed by atoms with Crippen LogP contribution >= 0.6 is 0 Å². The summed E-state index contributed by atoms with van der Waals surface area (Å²) in [6.45, 7) is 5.42. The third-order valence-electron chi connectivity index (χ3n) is 3.45. The molecule has 2 rings (SSSR count). The number of rotatable bonds is 5. The Kier molecular flexibility index (Phi) is 4.59. The van der Waals surface area contributed by atoms with Crippen LogP contribution in [0, 0.1) is 6.92 Å². The summed E-state index contributed by atoms with van der Waals surface area (Å²) in [6.07, 6.45) is 3.86. The van der Waals surface area contributed by atoms with Gasteiger partial charge >= 0.3 is 5.69 Å². The van der Waals surface area contributed by atoms with Crippen LogP contribution in [0.2, 0.25) is 0 Å². The van der Waals surface area contributed by atoms with Gasteiger partial charge in [0.2, 0.25) is 5.91 Å². The van der Waals surface area contributed by atoms with E-state index in [1.54, 1.807) is 23.9 Å². The first-order valence-corrected chi connectivity index (χ1v) is 7.06. The van der Waals surface area contributed by atoms with Crippen molar-refractivity contribution in [2.75, 3.05) is 5.32 Å². The highest BCUT2D eigenvalue weighted by Gasteiger charge is 2.12. The molecule has 0 radical (unpaired) electrons. The van der Waals surface area contributed by atoms with Crippen molar-refractivity contribution in [2.24, 2.45) is 0 Å². The van der Waals surface area contributed by atoms with Crippen molar-refractivity contribution in [2.45, 2.75) is 39.8 Å². The van der Waals surface area contributed by atoms with Crippen LogP contribution in [-0.2, 0) is 11.3 Å². The van der Waals surface area contributed by atoms with Crippen LogP contribution in [0.25, 0.3) is 0 Å². The van der Waals surface area contributed by atoms with Crippen LogP contribution in [0.4, 0.5) is 5.82 Å². The highest BCUT2D eigenvalue weighted by molar-refractivity contribution is 5.89. The van der Waals surface area contributed by atoms with Crippen molar-refractivity contribution in [3.05, 3.63) is 44.9 Å². The molecule has 1 amide bonds. The van der Waals surface area contributed by atoms with Gasteiger partial charge in [-0.25, -0.2) is 9.48 Å². The van der Waals surface area contributed by atoms with E-state index >= 15 is 0 Å². The van der Waals surface area contributed by atoms with Crippen LogP contribution in [-0.4, -0.2) is 25.2 Å². The molecule has 2 aromatic rings. The minimum absolute atomic E-state index is 0.156. The highest BCUT2D eigenvalue weighted by Crippen LogP contribution is 2.16. The third-order valence-corrected chi connectivity index (χ3v) is 3.45. The summed E-state index contributed by atoms with van der Waals surface area (Å²) in [5, 5.41) is 6.90. The van der Waals surface area contributed by atoms with E-state index in [9.17, 15) is 14.4 Å². The SMILES string of the molecule is CC[C@@H](C)n1nccc1NC(=O)Cn1cc(C)c(=O)[nH]c1=O. The second-order valence-corrected chi connectivity index (χ2v) is 5.17. The predicted octanol–water partition coefficient (Wildman–Crippen LogP) is 0.651. The molecule has 8 nitrogen and oxygen atoms in total. The summed E-state index contributed by atoms with van der Waals surface area (Å²) in [5.74, 6) is 0.215. The van der Waals surface area contributed by atoms with Crippen molar-refractivity contribution in [1.29, 1.82) is 0 Å². The minimum atomic E-state index is -0.610. The van der Waals surface area contributed by atoms with Gasteiger partial charge in [0, 0.05) is 17.8 Å². The Balaban J connectivity index is 2.15. The van der Waals surface area contributed by atoms with E-state index in [-0.39, 0.29) is 18.5 Å². The maximum Gasteiger partial charge on any atom is 0.328 e. The summed E-state index contributed by atoms with van der Waals surface area (Å²) in [7, 11) is 0. The Hall–Kier alpha value is -2.64. The van der Waals surface area contributed by atoms with E-state index in [0.717, 1.165) is 11.0 Å². The lowest BCUT2D eigenvalue weighted by atomic mass is 10.3. The first-order valence-electron chi connectivity index (χ1n) is 7.06. The largest absolute Gasteiger partial charge is 0.328 e. The molecule has 22 heavy (non-hydrogen) atoms. The minimum Gasteiger partial charge on any atom is -0.309 e. The van der Waals surface area contributed by atoms with Crippen molar-refractivity contribution in [3.63, 3.8) is 0 Å². The van der Waals surface area contributed by atoms with Crippen LogP contribution in [0.3, 0.4) is 0 Å². The van der Waals surface area contributed by atoms with Gasteiger partial charge in [-0.15, -0.1) is 0 Å². The first-order chi connectivity index (χ1) is 10.4. The first kappa shape index (κ1) is 15.7. The number of nitrogens with zero attached hydrogens (tertiary/aromatic N) is 3. The molecule has 2 aromatic heterocycles. The Morgan fingerprint density at radius 3 is 2.86 bits per heavy atom. The maximum absolute atomic E-state index is 12.1. The van der Waals surface area contributed by atoms with Crippen molar-refractivity contribution in [3.8, 4) is 0 Å². The molecule has 8 heteroatoms. The van der Waals surface area contributed by atoms with Crippen LogP contribution in [0.15, 0.2) is 28.0 Å². The third kappa shape index (κ3) is 3.33. The fraction of sp³-hybridized carbons (Fsp3) is 0.429. The molecule has 0 spiro atoms. The second-order valence-electron chi connectivity index (χ2n) is 5.17. The zero-order valence-electron chi connectivity index (χ0n) is 12.8. The number of nitrogens with one attached hydrogen (secondary N) is 2. The zero-order valence-corrected chi connectivity index (χ0v) is 12.8. The smallest absolute Gasteiger partial charge is 0.309 e. The number of hydrogen-bond donors (Lipinski definition) is 2. The van der Waals surface area contributed by atoms with Gasteiger partial charge in [-0.3, -0.25) is 19.1 Å². The second kappa shape index (κ2) is 6.42. The number of aryl methyl sites for hydroxylation is 1. The lowest BCUT2D eigenvalue weighted by Gasteiger charge is -2.14. The molecular formula is C14H19N5O3. The quantitative estimate of drug-likeness (QED) is 0.846. The van der Waals surface area contributed by atoms with E-state index in [0.29, 0.717) is 11.4 Å². The molecule has 0 unspecified atom stereocenters. The Morgan fingerprint density at radius 1 is 1.45 bits per heavy atom. The monoisotopic (exact) mass is 305 g/mol. The van der Waals surface area contributed by atoms with Gasteiger partial charge in [0.15, 0.2) is 0 Å². The molecule has 118 valence electrons. The molecule has 2 heterocycles. The van der Waals surface area contributed by atoms with E-state index in [4.69, 9.17) is 0 Å². The van der Waals surface area contributed by atoms with Gasteiger partial charge in [0.05, 0.1) is 12.2 Å². The fourth-order valence-electron chi connectivity index (χ4n) is 2.01. The molecule has 0 saturated heterocycles. The lowest BCUT2D eigenvalue weighted by molar-refractivity contribution is -0.116. The predicted molar refractivity (Wildman–Crippen MR) is 81.9 cm³/mol. The van der Waals surface area contributed by atoms with Crippen LogP contribution in [0.1, 0.15) is 31.9 Å². The standard InChI is InChI=1S/C14H19N5O3/c1-4-10(3)19-11(5-6-15-19)16-12(20)8-18-7-9(2)13(21)17-14(18)22/h5-7,10H,4,8H2,1-3H3,(H,16,20)(H,17,21,22)/t10-/m1/s1. The number of carbonyl (C=O) groups excluding carboxylic acids is 1. The summed E-state index contributed by atoms with van der Waals surface area (Å²) >= 11 is 0. The summed E-state index contributed by atoms with van der Waals surface area (Å²) in [6, 6.07) is 1.86. The van der Waals surface area contributed by atoms with Gasteiger partial charge in [0.1, 0.15) is 12.4 Å². The summed E-state index contributed by atoms with van der Waals surface area (Å²) < 4.78 is 2.88. The normalized spacial score (nSPS) is 12.1. The molecule has 0 saturated carbocycles. The molecule has 0 aliphatic carbocycles. The topological polar surface area (TPSA) is 102 Å². The van der Waals surface area contributed by atoms with E-state index < -0.39 is 11.2 Å². The highest BCUT2D eigenvalue weighted by atomic mass is 16.2. The number of aromatic nitrogens is 4. The maximum atomic E-state index is 12.1. The average molecular weight is 305 g/mol. The molecule has 0 fully saturated rings. The number of carbonyl (C=O) groups is 1. The van der Waals surface area contributed by atoms with Gasteiger partial charge in [-0.2, -0.15) is 5.10 Å². The number of anilines is 1. The van der Waals surface area contributed by atoms with Crippen molar-refractivity contribution >= 4 is 11.7 Å². The summed E-state index contributed by atoms with van der Waals surface area (Å²) in [4.78, 5) is 37.2. The van der Waals surface area contributed by atoms with Gasteiger partial charge in [0.25, 0.3) is 5.56 Å². The summed E-state index contributed by atoms with van der Waals surface area (Å²) in [5.41, 5.74) is -0.685. The number of amides is 1. The van der Waals surface area contributed by atoms with Crippen molar-refractivity contribution < 1.29 is 4.79 Å². The van der Waals surface area contributed by atoms with E-state index in [1.807, 2.05) is 13.8 Å². The molecule has 0 aliphatic heterocycles. The molecule has 1 atom stereocenters. The molecule has 2 N–H and O–H groups in total. The van der Waals surface area contributed by atoms with Gasteiger partial charge in [-0.1, -0.05) is 6.92 Å². The number of H-pyrrole nitrogens is 1. The Labute approximate surface area is 126 Å². The Bertz CT molecular complexity index is 786. The van der Waals surface area contributed by atoms with E-state index in [2.05, 4.69) is 15.4 Å². The lowest BCUT2D eigenvalue weighted by Crippen LogP contribution is -2.34. The molecule has 0 aromatic carbocycles. The number of hydrogen-bond acceptors (Lipinski definition) is 4. The molecule has 0 aliphatic rings. The molecular weight excluding hydrogens is 286 g/mol. The average Bonchev–Trinajstić information content (AvgIpc) is 2.92. The zero-order chi connectivity index (χ0) is 16.3. The van der Waals surface area contributed by atoms with Crippen LogP contribution < -0.4 is 16.6 Å².